The minimum absolute atomic E-state index is 0.00951. The summed E-state index contributed by atoms with van der Waals surface area (Å²) in [5.41, 5.74) is 1.09. The minimum Gasteiger partial charge on any atom is -0.462 e. The highest BCUT2D eigenvalue weighted by Gasteiger charge is 2.08. The first-order valence-electron chi connectivity index (χ1n) is 5.79. The molecule has 0 spiro atoms. The zero-order chi connectivity index (χ0) is 12.8. The fraction of sp³-hybridized carbons (Fsp3) is 0.429. The number of carbonyl (C=O) groups excluding carboxylic acids is 2. The van der Waals surface area contributed by atoms with Crippen molar-refractivity contribution in [1.29, 1.82) is 0 Å². The van der Waals surface area contributed by atoms with E-state index in [4.69, 9.17) is 4.74 Å². The van der Waals surface area contributed by atoms with E-state index < -0.39 is 0 Å². The Bertz CT molecular complexity index is 390. The molecule has 1 aromatic carbocycles. The molecule has 1 rings (SSSR count). The molecule has 0 bridgehead atoms. The second-order valence-electron chi connectivity index (χ2n) is 4.45. The van der Waals surface area contributed by atoms with Gasteiger partial charge in [-0.15, -0.1) is 0 Å². The van der Waals surface area contributed by atoms with Crippen molar-refractivity contribution >= 4 is 11.8 Å². The molecule has 0 fully saturated rings. The Morgan fingerprint density at radius 2 is 1.65 bits per heavy atom. The Balaban J connectivity index is 2.55. The molecule has 0 heterocycles. The average molecular weight is 234 g/mol. The van der Waals surface area contributed by atoms with Crippen molar-refractivity contribution in [3.8, 4) is 0 Å². The topological polar surface area (TPSA) is 43.4 Å². The summed E-state index contributed by atoms with van der Waals surface area (Å²) in [4.78, 5) is 22.7. The lowest BCUT2D eigenvalue weighted by Gasteiger charge is -2.06. The Labute approximate surface area is 102 Å². The van der Waals surface area contributed by atoms with Gasteiger partial charge in [-0.25, -0.2) is 4.79 Å². The lowest BCUT2D eigenvalue weighted by atomic mass is 10.1. The number of carbonyl (C=O) groups is 2. The van der Waals surface area contributed by atoms with Crippen LogP contribution >= 0.6 is 0 Å². The smallest absolute Gasteiger partial charge is 0.338 e. The van der Waals surface area contributed by atoms with Crippen molar-refractivity contribution in [2.75, 3.05) is 6.61 Å². The first-order valence-corrected chi connectivity index (χ1v) is 5.79. The number of ether oxygens (including phenoxy) is 1. The second kappa shape index (κ2) is 6.18. The molecule has 0 atom stereocenters. The number of esters is 1. The van der Waals surface area contributed by atoms with Gasteiger partial charge in [-0.05, 0) is 31.4 Å². The standard InChI is InChI=1S/C14H18O3/c1-10(2)8-9-17-14(16)13-6-4-12(5-7-13)11(3)15/h4-7,10H,8-9H2,1-3H3. The van der Waals surface area contributed by atoms with Crippen LogP contribution in [-0.4, -0.2) is 18.4 Å². The minimum atomic E-state index is -0.333. The molecule has 0 radical (unpaired) electrons. The van der Waals surface area contributed by atoms with Crippen LogP contribution in [0.15, 0.2) is 24.3 Å². The van der Waals surface area contributed by atoms with E-state index in [-0.39, 0.29) is 11.8 Å². The molecule has 0 amide bonds. The summed E-state index contributed by atoms with van der Waals surface area (Å²) in [6.45, 7) is 6.09. The molecular formula is C14H18O3. The fourth-order valence-electron chi connectivity index (χ4n) is 1.31. The van der Waals surface area contributed by atoms with Crippen LogP contribution in [0, 0.1) is 5.92 Å². The number of rotatable bonds is 5. The predicted molar refractivity (Wildman–Crippen MR) is 66.2 cm³/mol. The molecule has 0 saturated carbocycles. The molecule has 3 nitrogen and oxygen atoms in total. The summed E-state index contributed by atoms with van der Waals surface area (Å²) in [5.74, 6) is 0.174. The number of hydrogen-bond acceptors (Lipinski definition) is 3. The first-order chi connectivity index (χ1) is 8.00. The lowest BCUT2D eigenvalue weighted by Crippen LogP contribution is -2.08. The van der Waals surface area contributed by atoms with Gasteiger partial charge in [0.05, 0.1) is 12.2 Å². The van der Waals surface area contributed by atoms with Gasteiger partial charge in [0, 0.05) is 5.56 Å². The van der Waals surface area contributed by atoms with E-state index in [1.807, 2.05) is 0 Å². The normalized spacial score (nSPS) is 10.4. The monoisotopic (exact) mass is 234 g/mol. The van der Waals surface area contributed by atoms with E-state index in [1.54, 1.807) is 24.3 Å². The number of ketones is 1. The van der Waals surface area contributed by atoms with Gasteiger partial charge in [0.2, 0.25) is 0 Å². The lowest BCUT2D eigenvalue weighted by molar-refractivity contribution is 0.0488. The molecule has 0 saturated heterocycles. The molecule has 92 valence electrons. The number of benzene rings is 1. The van der Waals surface area contributed by atoms with E-state index in [9.17, 15) is 9.59 Å². The highest BCUT2D eigenvalue weighted by atomic mass is 16.5. The third kappa shape index (κ3) is 4.39. The third-order valence-electron chi connectivity index (χ3n) is 2.46. The van der Waals surface area contributed by atoms with Gasteiger partial charge in [-0.2, -0.15) is 0 Å². The van der Waals surface area contributed by atoms with Crippen LogP contribution in [0.4, 0.5) is 0 Å². The zero-order valence-corrected chi connectivity index (χ0v) is 10.5. The van der Waals surface area contributed by atoms with Crippen molar-refractivity contribution in [2.45, 2.75) is 27.2 Å². The van der Waals surface area contributed by atoms with Crippen LogP contribution in [0.25, 0.3) is 0 Å². The highest BCUT2D eigenvalue weighted by molar-refractivity contribution is 5.96. The number of hydrogen-bond donors (Lipinski definition) is 0. The molecule has 0 aliphatic carbocycles. The van der Waals surface area contributed by atoms with Gasteiger partial charge in [-0.1, -0.05) is 26.0 Å². The third-order valence-corrected chi connectivity index (χ3v) is 2.46. The SMILES string of the molecule is CC(=O)c1ccc(C(=O)OCCC(C)C)cc1. The van der Waals surface area contributed by atoms with Crippen LogP contribution in [-0.2, 0) is 4.74 Å². The Hall–Kier alpha value is -1.64. The molecule has 0 aliphatic heterocycles. The summed E-state index contributed by atoms with van der Waals surface area (Å²) in [6.07, 6.45) is 0.858. The van der Waals surface area contributed by atoms with Crippen molar-refractivity contribution < 1.29 is 14.3 Å². The average Bonchev–Trinajstić information content (AvgIpc) is 2.28. The van der Waals surface area contributed by atoms with E-state index in [0.717, 1.165) is 6.42 Å². The molecule has 0 unspecified atom stereocenters. The van der Waals surface area contributed by atoms with Gasteiger partial charge in [0.1, 0.15) is 0 Å². The van der Waals surface area contributed by atoms with E-state index in [0.29, 0.717) is 23.7 Å². The molecule has 17 heavy (non-hydrogen) atoms. The molecule has 0 aliphatic rings. The van der Waals surface area contributed by atoms with E-state index in [1.165, 1.54) is 6.92 Å². The molecule has 0 N–H and O–H groups in total. The molecule has 3 heteroatoms. The van der Waals surface area contributed by atoms with Crippen LogP contribution in [0.1, 0.15) is 47.9 Å². The van der Waals surface area contributed by atoms with E-state index in [2.05, 4.69) is 13.8 Å². The maximum Gasteiger partial charge on any atom is 0.338 e. The summed E-state index contributed by atoms with van der Waals surface area (Å²) >= 11 is 0. The second-order valence-corrected chi connectivity index (χ2v) is 4.45. The van der Waals surface area contributed by atoms with Crippen LogP contribution in [0.3, 0.4) is 0 Å². The highest BCUT2D eigenvalue weighted by Crippen LogP contribution is 2.08. The van der Waals surface area contributed by atoms with Crippen molar-refractivity contribution in [3.63, 3.8) is 0 Å². The van der Waals surface area contributed by atoms with Crippen molar-refractivity contribution in [1.82, 2.24) is 0 Å². The predicted octanol–water partition coefficient (Wildman–Crippen LogP) is 3.09. The van der Waals surface area contributed by atoms with Gasteiger partial charge >= 0.3 is 5.97 Å². The van der Waals surface area contributed by atoms with Crippen LogP contribution in [0.2, 0.25) is 0 Å². The fourth-order valence-corrected chi connectivity index (χ4v) is 1.31. The van der Waals surface area contributed by atoms with Crippen molar-refractivity contribution in [2.24, 2.45) is 5.92 Å². The Morgan fingerprint density at radius 1 is 1.12 bits per heavy atom. The maximum absolute atomic E-state index is 11.6. The maximum atomic E-state index is 11.6. The number of Topliss-reactive ketones (excluding diaryl/α,β-unsaturated/α-hetero) is 1. The quantitative estimate of drug-likeness (QED) is 0.581. The Kier molecular flexibility index (Phi) is 4.88. The largest absolute Gasteiger partial charge is 0.462 e. The summed E-state index contributed by atoms with van der Waals surface area (Å²) in [5, 5.41) is 0. The molecule has 0 aromatic heterocycles. The summed E-state index contributed by atoms with van der Waals surface area (Å²) in [6, 6.07) is 6.52. The summed E-state index contributed by atoms with van der Waals surface area (Å²) < 4.78 is 5.12. The van der Waals surface area contributed by atoms with Crippen LogP contribution < -0.4 is 0 Å². The van der Waals surface area contributed by atoms with E-state index >= 15 is 0 Å². The van der Waals surface area contributed by atoms with Gasteiger partial charge in [-0.3, -0.25) is 4.79 Å². The molecular weight excluding hydrogens is 216 g/mol. The Morgan fingerprint density at radius 3 is 2.12 bits per heavy atom. The first kappa shape index (κ1) is 13.4. The van der Waals surface area contributed by atoms with Crippen LogP contribution in [0.5, 0.6) is 0 Å². The van der Waals surface area contributed by atoms with Gasteiger partial charge in [0.15, 0.2) is 5.78 Å². The van der Waals surface area contributed by atoms with Crippen molar-refractivity contribution in [3.05, 3.63) is 35.4 Å². The van der Waals surface area contributed by atoms with Gasteiger partial charge in [0.25, 0.3) is 0 Å². The van der Waals surface area contributed by atoms with Gasteiger partial charge < -0.3 is 4.74 Å². The molecule has 1 aromatic rings. The summed E-state index contributed by atoms with van der Waals surface area (Å²) in [7, 11) is 0. The zero-order valence-electron chi connectivity index (χ0n) is 10.5.